The molecule has 1 saturated heterocycles. The van der Waals surface area contributed by atoms with Crippen molar-refractivity contribution in [1.82, 2.24) is 10.2 Å². The van der Waals surface area contributed by atoms with E-state index in [1.807, 2.05) is 30.5 Å². The van der Waals surface area contributed by atoms with Gasteiger partial charge in [-0.2, -0.15) is 13.2 Å². The minimum absolute atomic E-state index is 0.212. The van der Waals surface area contributed by atoms with E-state index in [1.165, 1.54) is 19.3 Å². The first-order valence-electron chi connectivity index (χ1n) is 15.0. The lowest BCUT2D eigenvalue weighted by molar-refractivity contribution is -0.137. The van der Waals surface area contributed by atoms with E-state index in [9.17, 15) is 27.2 Å². The fraction of sp³-hybridized carbons (Fsp3) is 0.371. The number of alkyl halides is 3. The molecule has 0 radical (unpaired) electrons. The molecule has 44 heavy (non-hydrogen) atoms. The number of amides is 1. The van der Waals surface area contributed by atoms with Gasteiger partial charge in [-0.3, -0.25) is 9.59 Å². The van der Waals surface area contributed by atoms with E-state index in [2.05, 4.69) is 47.9 Å². The number of Topliss-reactive ketones (excluding diaryl/α,β-unsaturated/α-hetero) is 1. The van der Waals surface area contributed by atoms with Crippen molar-refractivity contribution in [1.29, 1.82) is 0 Å². The molecular weight excluding hydrogens is 570 g/mol. The summed E-state index contributed by atoms with van der Waals surface area (Å²) in [7, 11) is 1.59. The molecule has 0 aromatic heterocycles. The van der Waals surface area contributed by atoms with Crippen molar-refractivity contribution in [2.75, 3.05) is 25.5 Å². The zero-order valence-electron chi connectivity index (χ0n) is 25.3. The van der Waals surface area contributed by atoms with E-state index in [1.54, 1.807) is 11.9 Å². The van der Waals surface area contributed by atoms with Crippen LogP contribution in [0, 0.1) is 11.7 Å². The largest absolute Gasteiger partial charge is 0.416 e. The van der Waals surface area contributed by atoms with Crippen LogP contribution in [0.1, 0.15) is 66.9 Å². The highest BCUT2D eigenvalue weighted by atomic mass is 19.4. The highest BCUT2D eigenvalue weighted by Gasteiger charge is 2.31. The lowest BCUT2D eigenvalue weighted by atomic mass is 9.80. The summed E-state index contributed by atoms with van der Waals surface area (Å²) < 4.78 is 49.3. The zero-order valence-corrected chi connectivity index (χ0v) is 25.3. The molecule has 2 aliphatic rings. The van der Waals surface area contributed by atoms with Crippen LogP contribution in [0.5, 0.6) is 0 Å². The second kappa shape index (κ2) is 17.3. The van der Waals surface area contributed by atoms with E-state index in [0.29, 0.717) is 11.8 Å². The van der Waals surface area contributed by atoms with Crippen LogP contribution in [0.4, 0.5) is 23.2 Å². The Morgan fingerprint density at radius 2 is 1.55 bits per heavy atom. The average Bonchev–Trinajstić information content (AvgIpc) is 3.53. The number of halogens is 4. The first-order valence-corrected chi connectivity index (χ1v) is 15.0. The van der Waals surface area contributed by atoms with Gasteiger partial charge in [0.25, 0.3) is 0 Å². The third-order valence-corrected chi connectivity index (χ3v) is 7.50. The Labute approximate surface area is 257 Å². The number of rotatable bonds is 9. The van der Waals surface area contributed by atoms with Gasteiger partial charge >= 0.3 is 6.18 Å². The molecule has 5 rings (SSSR count). The van der Waals surface area contributed by atoms with Gasteiger partial charge in [-0.05, 0) is 80.7 Å². The normalized spacial score (nSPS) is 14.6. The molecule has 1 aliphatic carbocycles. The van der Waals surface area contributed by atoms with Gasteiger partial charge < -0.3 is 15.5 Å². The molecule has 3 aromatic rings. The lowest BCUT2D eigenvalue weighted by Gasteiger charge is -2.23. The molecule has 2 N–H and O–H groups in total. The Morgan fingerprint density at radius 1 is 0.932 bits per heavy atom. The maximum Gasteiger partial charge on any atom is 0.416 e. The standard InChI is InChI=1S/C21H23NO.C9H9F4N.C5H9NO/c1-2-3-15-22-20-13-11-17(12-14-20)16-7-9-19(10-8-16)21(23)18-5-4-6-18;1-14-5-6-2-3-7(4-8(6)10)9(11,12)13;7-5-6-3-1-2-4-6/h3,7-15,18,22H,2,4-6H2,1H3;2-4,14H,5H2,1H3;5H,1-4H2/b15-3-;;. The highest BCUT2D eigenvalue weighted by Crippen LogP contribution is 2.31. The number of likely N-dealkylation sites (tertiary alicyclic amines) is 1. The Balaban J connectivity index is 0.000000212. The number of carbonyl (C=O) groups is 2. The highest BCUT2D eigenvalue weighted by molar-refractivity contribution is 5.98. The van der Waals surface area contributed by atoms with Crippen molar-refractivity contribution >= 4 is 17.9 Å². The van der Waals surface area contributed by atoms with E-state index >= 15 is 0 Å². The molecule has 0 bridgehead atoms. The van der Waals surface area contributed by atoms with E-state index < -0.39 is 17.6 Å². The van der Waals surface area contributed by atoms with Gasteiger partial charge in [0.05, 0.1) is 5.56 Å². The summed E-state index contributed by atoms with van der Waals surface area (Å²) in [6.45, 7) is 4.28. The van der Waals surface area contributed by atoms with Crippen LogP contribution in [-0.4, -0.2) is 37.2 Å². The number of benzene rings is 3. The summed E-state index contributed by atoms with van der Waals surface area (Å²) in [6, 6.07) is 18.9. The fourth-order valence-electron chi connectivity index (χ4n) is 4.67. The number of allylic oxidation sites excluding steroid dienone is 1. The smallest absolute Gasteiger partial charge is 0.362 e. The number of hydrogen-bond donors (Lipinski definition) is 2. The number of nitrogens with one attached hydrogen (secondary N) is 2. The quantitative estimate of drug-likeness (QED) is 0.145. The minimum atomic E-state index is -4.49. The van der Waals surface area contributed by atoms with Crippen molar-refractivity contribution < 1.29 is 27.2 Å². The van der Waals surface area contributed by atoms with Gasteiger partial charge in [0.2, 0.25) is 6.41 Å². The predicted molar refractivity (Wildman–Crippen MR) is 168 cm³/mol. The van der Waals surface area contributed by atoms with Crippen LogP contribution in [0.15, 0.2) is 79.0 Å². The number of ketones is 1. The van der Waals surface area contributed by atoms with Crippen molar-refractivity contribution in [2.45, 2.75) is 58.2 Å². The van der Waals surface area contributed by atoms with Crippen LogP contribution in [0.3, 0.4) is 0 Å². The van der Waals surface area contributed by atoms with Crippen molar-refractivity contribution in [2.24, 2.45) is 5.92 Å². The molecule has 1 saturated carbocycles. The van der Waals surface area contributed by atoms with Crippen molar-refractivity contribution in [3.63, 3.8) is 0 Å². The molecule has 1 aliphatic heterocycles. The Hall–Kier alpha value is -3.98. The second-order valence-electron chi connectivity index (χ2n) is 10.8. The van der Waals surface area contributed by atoms with Gasteiger partial charge in [0.15, 0.2) is 5.78 Å². The van der Waals surface area contributed by atoms with Crippen molar-refractivity contribution in [3.05, 3.63) is 102 Å². The average molecular weight is 612 g/mol. The van der Waals surface area contributed by atoms with Crippen LogP contribution in [-0.2, 0) is 17.5 Å². The summed E-state index contributed by atoms with van der Waals surface area (Å²) >= 11 is 0. The predicted octanol–water partition coefficient (Wildman–Crippen LogP) is 8.47. The first kappa shape index (κ1) is 34.5. The van der Waals surface area contributed by atoms with Crippen LogP contribution < -0.4 is 10.6 Å². The molecule has 9 heteroatoms. The van der Waals surface area contributed by atoms with Gasteiger partial charge in [0.1, 0.15) is 5.82 Å². The monoisotopic (exact) mass is 611 g/mol. The summed E-state index contributed by atoms with van der Waals surface area (Å²) in [5.74, 6) is -0.262. The molecule has 1 amide bonds. The minimum Gasteiger partial charge on any atom is -0.362 e. The summed E-state index contributed by atoms with van der Waals surface area (Å²) in [6.07, 6.45) is 7.22. The first-order chi connectivity index (χ1) is 21.2. The molecule has 0 atom stereocenters. The van der Waals surface area contributed by atoms with Gasteiger partial charge in [-0.1, -0.05) is 61.9 Å². The summed E-state index contributed by atoms with van der Waals surface area (Å²) in [4.78, 5) is 24.0. The third kappa shape index (κ3) is 10.6. The molecule has 0 spiro atoms. The fourth-order valence-corrected chi connectivity index (χ4v) is 4.67. The number of hydrogen-bond acceptors (Lipinski definition) is 4. The van der Waals surface area contributed by atoms with Gasteiger partial charge in [-0.15, -0.1) is 0 Å². The van der Waals surface area contributed by atoms with Crippen LogP contribution >= 0.6 is 0 Å². The summed E-state index contributed by atoms with van der Waals surface area (Å²) in [5.41, 5.74) is 3.50. The SMILES string of the molecule is CC/C=C\Nc1ccc(-c2ccc(C(=O)C3CCC3)cc2)cc1.CNCc1ccc(C(F)(F)F)cc1F.O=CN1CCCC1. The molecule has 236 valence electrons. The molecule has 2 fully saturated rings. The molecular formula is C35H41F4N3O2. The van der Waals surface area contributed by atoms with Gasteiger partial charge in [-0.25, -0.2) is 4.39 Å². The number of carbonyl (C=O) groups excluding carboxylic acids is 2. The van der Waals surface area contributed by atoms with Crippen LogP contribution in [0.2, 0.25) is 0 Å². The molecule has 3 aromatic carbocycles. The number of nitrogens with zero attached hydrogens (tertiary/aromatic N) is 1. The summed E-state index contributed by atoms with van der Waals surface area (Å²) in [5, 5.41) is 5.91. The van der Waals surface area contributed by atoms with Crippen molar-refractivity contribution in [3.8, 4) is 11.1 Å². The van der Waals surface area contributed by atoms with Gasteiger partial charge in [0, 0.05) is 42.4 Å². The molecule has 5 nitrogen and oxygen atoms in total. The third-order valence-electron chi connectivity index (χ3n) is 7.50. The molecule has 0 unspecified atom stereocenters. The zero-order chi connectivity index (χ0) is 32.0. The molecule has 1 heterocycles. The second-order valence-corrected chi connectivity index (χ2v) is 10.8. The number of anilines is 1. The van der Waals surface area contributed by atoms with E-state index in [-0.39, 0.29) is 18.0 Å². The van der Waals surface area contributed by atoms with Crippen LogP contribution in [0.25, 0.3) is 11.1 Å². The Kier molecular flexibility index (Phi) is 13.6. The Bertz CT molecular complexity index is 1350. The lowest BCUT2D eigenvalue weighted by Crippen LogP contribution is -2.21. The maximum atomic E-state index is 13.0. The Morgan fingerprint density at radius 3 is 2.00 bits per heavy atom. The topological polar surface area (TPSA) is 61.4 Å². The van der Waals surface area contributed by atoms with E-state index in [4.69, 9.17) is 0 Å². The van der Waals surface area contributed by atoms with E-state index in [0.717, 1.165) is 73.3 Å². The maximum absolute atomic E-state index is 13.0.